The number of aliphatic hydroxyl groups excluding tert-OH is 2. The fraction of sp³-hybridized carbons (Fsp3) is 0.500. The molecule has 1 aliphatic heterocycles. The first-order chi connectivity index (χ1) is 7.15. The van der Waals surface area contributed by atoms with E-state index in [0.29, 0.717) is 13.1 Å². The lowest BCUT2D eigenvalue weighted by atomic mass is 10.1. The number of rotatable bonds is 2. The number of β-amino-alcohol motifs (C(OH)–C–C–N with tert-alkyl or cyclic N) is 2. The summed E-state index contributed by atoms with van der Waals surface area (Å²) in [5.74, 6) is 0. The van der Waals surface area contributed by atoms with Crippen molar-refractivity contribution in [3.8, 4) is 0 Å². The van der Waals surface area contributed by atoms with Crippen molar-refractivity contribution in [2.75, 3.05) is 13.1 Å². The lowest BCUT2D eigenvalue weighted by molar-refractivity contribution is 0.0572. The molecule has 15 heavy (non-hydrogen) atoms. The molecule has 2 rings (SSSR count). The molecule has 1 aromatic rings. The zero-order valence-corrected chi connectivity index (χ0v) is 8.93. The van der Waals surface area contributed by atoms with Crippen molar-refractivity contribution >= 4 is 0 Å². The highest BCUT2D eigenvalue weighted by Gasteiger charge is 2.29. The van der Waals surface area contributed by atoms with Gasteiger partial charge < -0.3 is 10.2 Å². The second kappa shape index (κ2) is 4.31. The van der Waals surface area contributed by atoms with Crippen LogP contribution in [0.2, 0.25) is 0 Å². The van der Waals surface area contributed by atoms with Gasteiger partial charge in [0.15, 0.2) is 0 Å². The predicted octanol–water partition coefficient (Wildman–Crippen LogP) is 0.532. The van der Waals surface area contributed by atoms with E-state index in [1.807, 2.05) is 6.07 Å². The molecule has 2 unspecified atom stereocenters. The summed E-state index contributed by atoms with van der Waals surface area (Å²) in [4.78, 5) is 2.07. The highest BCUT2D eigenvalue weighted by atomic mass is 16.3. The first kappa shape index (κ1) is 10.6. The van der Waals surface area contributed by atoms with Crippen LogP contribution in [0.4, 0.5) is 0 Å². The van der Waals surface area contributed by atoms with Gasteiger partial charge in [0, 0.05) is 19.6 Å². The molecular weight excluding hydrogens is 190 g/mol. The quantitative estimate of drug-likeness (QED) is 0.743. The maximum absolute atomic E-state index is 9.41. The molecule has 1 aliphatic rings. The van der Waals surface area contributed by atoms with Crippen LogP contribution in [0.1, 0.15) is 11.1 Å². The van der Waals surface area contributed by atoms with Crippen LogP contribution in [0.3, 0.4) is 0 Å². The van der Waals surface area contributed by atoms with E-state index >= 15 is 0 Å². The third kappa shape index (κ3) is 2.56. The SMILES string of the molecule is Cc1cccc(CN2CC(O)C(O)C2)c1. The summed E-state index contributed by atoms with van der Waals surface area (Å²) in [6.45, 7) is 4.00. The smallest absolute Gasteiger partial charge is 0.0938 e. The first-order valence-corrected chi connectivity index (χ1v) is 5.29. The zero-order valence-electron chi connectivity index (χ0n) is 8.93. The molecular formula is C12H17NO2. The second-order valence-corrected chi connectivity index (χ2v) is 4.32. The van der Waals surface area contributed by atoms with E-state index in [0.717, 1.165) is 6.54 Å². The van der Waals surface area contributed by atoms with Gasteiger partial charge in [-0.2, -0.15) is 0 Å². The maximum atomic E-state index is 9.41. The molecule has 2 atom stereocenters. The van der Waals surface area contributed by atoms with Gasteiger partial charge in [-0.1, -0.05) is 29.8 Å². The molecule has 1 fully saturated rings. The van der Waals surface area contributed by atoms with E-state index in [1.165, 1.54) is 11.1 Å². The predicted molar refractivity (Wildman–Crippen MR) is 58.5 cm³/mol. The van der Waals surface area contributed by atoms with Crippen molar-refractivity contribution in [3.05, 3.63) is 35.4 Å². The van der Waals surface area contributed by atoms with E-state index in [1.54, 1.807) is 0 Å². The van der Waals surface area contributed by atoms with Gasteiger partial charge in [0.05, 0.1) is 12.2 Å². The number of likely N-dealkylation sites (tertiary alicyclic amines) is 1. The van der Waals surface area contributed by atoms with Gasteiger partial charge in [0.1, 0.15) is 0 Å². The van der Waals surface area contributed by atoms with Crippen LogP contribution in [0.15, 0.2) is 24.3 Å². The Bertz CT molecular complexity index is 330. The van der Waals surface area contributed by atoms with Gasteiger partial charge in [0.2, 0.25) is 0 Å². The normalized spacial score (nSPS) is 27.1. The molecule has 0 bridgehead atoms. The molecule has 1 aromatic carbocycles. The third-order valence-electron chi connectivity index (χ3n) is 2.82. The van der Waals surface area contributed by atoms with Gasteiger partial charge >= 0.3 is 0 Å². The summed E-state index contributed by atoms with van der Waals surface area (Å²) in [5.41, 5.74) is 2.48. The molecule has 0 spiro atoms. The number of benzene rings is 1. The van der Waals surface area contributed by atoms with Gasteiger partial charge in [-0.15, -0.1) is 0 Å². The second-order valence-electron chi connectivity index (χ2n) is 4.32. The van der Waals surface area contributed by atoms with Crippen LogP contribution in [-0.2, 0) is 6.54 Å². The van der Waals surface area contributed by atoms with E-state index in [2.05, 4.69) is 30.0 Å². The maximum Gasteiger partial charge on any atom is 0.0938 e. The standard InChI is InChI=1S/C12H17NO2/c1-9-3-2-4-10(5-9)6-13-7-11(14)12(15)8-13/h2-5,11-12,14-15H,6-8H2,1H3. The highest BCUT2D eigenvalue weighted by Crippen LogP contribution is 2.14. The number of hydrogen-bond acceptors (Lipinski definition) is 3. The van der Waals surface area contributed by atoms with Crippen LogP contribution in [0.25, 0.3) is 0 Å². The van der Waals surface area contributed by atoms with Gasteiger partial charge in [-0.25, -0.2) is 0 Å². The molecule has 1 heterocycles. The van der Waals surface area contributed by atoms with Crippen molar-refractivity contribution < 1.29 is 10.2 Å². The summed E-state index contributed by atoms with van der Waals surface area (Å²) in [6, 6.07) is 8.31. The summed E-state index contributed by atoms with van der Waals surface area (Å²) in [5, 5.41) is 18.8. The van der Waals surface area contributed by atoms with Crippen LogP contribution in [0.5, 0.6) is 0 Å². The first-order valence-electron chi connectivity index (χ1n) is 5.29. The molecule has 2 N–H and O–H groups in total. The van der Waals surface area contributed by atoms with E-state index in [-0.39, 0.29) is 0 Å². The van der Waals surface area contributed by atoms with Gasteiger partial charge in [-0.05, 0) is 12.5 Å². The summed E-state index contributed by atoms with van der Waals surface area (Å²) < 4.78 is 0. The number of nitrogens with zero attached hydrogens (tertiary/aromatic N) is 1. The largest absolute Gasteiger partial charge is 0.389 e. The van der Waals surface area contributed by atoms with Crippen molar-refractivity contribution in [1.29, 1.82) is 0 Å². The number of aryl methyl sites for hydroxylation is 1. The monoisotopic (exact) mass is 207 g/mol. The highest BCUT2D eigenvalue weighted by molar-refractivity contribution is 5.22. The van der Waals surface area contributed by atoms with Crippen molar-refractivity contribution in [1.82, 2.24) is 4.90 Å². The topological polar surface area (TPSA) is 43.7 Å². The molecule has 0 radical (unpaired) electrons. The Kier molecular flexibility index (Phi) is 3.05. The number of aliphatic hydroxyl groups is 2. The minimum atomic E-state index is -0.588. The Balaban J connectivity index is 1.98. The average Bonchev–Trinajstić information content (AvgIpc) is 2.45. The third-order valence-corrected chi connectivity index (χ3v) is 2.82. The lowest BCUT2D eigenvalue weighted by Crippen LogP contribution is -2.22. The molecule has 0 amide bonds. The molecule has 0 aromatic heterocycles. The van der Waals surface area contributed by atoms with E-state index < -0.39 is 12.2 Å². The van der Waals surface area contributed by atoms with Crippen LogP contribution in [-0.4, -0.2) is 40.4 Å². The van der Waals surface area contributed by atoms with E-state index in [9.17, 15) is 10.2 Å². The van der Waals surface area contributed by atoms with Crippen molar-refractivity contribution in [3.63, 3.8) is 0 Å². The molecule has 82 valence electrons. The molecule has 1 saturated heterocycles. The van der Waals surface area contributed by atoms with Crippen molar-refractivity contribution in [2.24, 2.45) is 0 Å². The summed E-state index contributed by atoms with van der Waals surface area (Å²) >= 11 is 0. The molecule has 3 heteroatoms. The zero-order chi connectivity index (χ0) is 10.8. The molecule has 3 nitrogen and oxygen atoms in total. The van der Waals surface area contributed by atoms with E-state index in [4.69, 9.17) is 0 Å². The minimum Gasteiger partial charge on any atom is -0.389 e. The Morgan fingerprint density at radius 2 is 1.93 bits per heavy atom. The fourth-order valence-corrected chi connectivity index (χ4v) is 2.04. The van der Waals surface area contributed by atoms with Crippen LogP contribution >= 0.6 is 0 Å². The van der Waals surface area contributed by atoms with Crippen molar-refractivity contribution in [2.45, 2.75) is 25.7 Å². The van der Waals surface area contributed by atoms with Crippen LogP contribution < -0.4 is 0 Å². The Morgan fingerprint density at radius 3 is 2.53 bits per heavy atom. The van der Waals surface area contributed by atoms with Gasteiger partial charge in [-0.3, -0.25) is 4.90 Å². The Morgan fingerprint density at radius 1 is 1.27 bits per heavy atom. The van der Waals surface area contributed by atoms with Gasteiger partial charge in [0.25, 0.3) is 0 Å². The lowest BCUT2D eigenvalue weighted by Gasteiger charge is -2.14. The fourth-order valence-electron chi connectivity index (χ4n) is 2.04. The molecule has 0 saturated carbocycles. The average molecular weight is 207 g/mol. The Hall–Kier alpha value is -0.900. The number of hydrogen-bond donors (Lipinski definition) is 2. The molecule has 0 aliphatic carbocycles. The summed E-state index contributed by atoms with van der Waals surface area (Å²) in [7, 11) is 0. The Labute approximate surface area is 90.0 Å². The minimum absolute atomic E-state index is 0.565. The van der Waals surface area contributed by atoms with Crippen LogP contribution in [0, 0.1) is 6.92 Å². The summed E-state index contributed by atoms with van der Waals surface area (Å²) in [6.07, 6.45) is -1.18.